The lowest BCUT2D eigenvalue weighted by Gasteiger charge is -2.61. The molecule has 6 saturated carbocycles. The average molecular weight is 1940 g/mol. The third kappa shape index (κ3) is 18.3. The first kappa shape index (κ1) is 104. The van der Waals surface area contributed by atoms with Gasteiger partial charge in [0.1, 0.15) is 32.9 Å². The maximum atomic E-state index is 3.31. The van der Waals surface area contributed by atoms with Gasteiger partial charge in [0.25, 0.3) is 0 Å². The van der Waals surface area contributed by atoms with E-state index >= 15 is 0 Å². The monoisotopic (exact) mass is 1940 g/mol. The van der Waals surface area contributed by atoms with E-state index in [9.17, 15) is 0 Å². The van der Waals surface area contributed by atoms with E-state index < -0.39 is 32.9 Å². The fourth-order valence-corrected chi connectivity index (χ4v) is 68.1. The average Bonchev–Trinajstić information content (AvgIpc) is 1.57. The zero-order valence-electron chi connectivity index (χ0n) is 95.2. The number of nitrogens with zero attached hydrogens (tertiary/aromatic N) is 4. The molecule has 4 aromatic rings. The molecule has 0 amide bonds. The van der Waals surface area contributed by atoms with Crippen LogP contribution in [-0.4, -0.2) is 96.5 Å². The Bertz CT molecular complexity index is 5410. The molecule has 0 spiro atoms. The number of allylic oxidation sites excluding steroid dienone is 16. The van der Waals surface area contributed by atoms with Crippen molar-refractivity contribution < 1.29 is 0 Å². The maximum Gasteiger partial charge on any atom is 0.133 e. The SMILES string of the molecule is CC(C)(C)c1ccc2c(c1)C(C)(C)C1=CC3C(C=C12)CCC3[Si](C)(C)N(C(C)(C)C)C(C)(C)C.CC1(C)C2=CC3C(C=C2c2ccccc21)CCC3[Si]1(N(C2CCCCC2)C(C)(C)C)CCCCC1.CC1CC2C=C3C(=CC2C1[Si]1(N(C(C)(C)C)C(C)(C)C)CCCCC1)C(C)(C)c1ccccc13.CC1CC2C=C3C(=CC2C1[Si]1(N(C2CCCCC2)C(C)(C)C)CCCCC1)C(C)(C)c1ccccc13. The zero-order valence-corrected chi connectivity index (χ0v) is 99.2. The quantitative estimate of drug-likeness (QED) is 0.147. The Hall–Kier alpha value is -4.49. The first-order chi connectivity index (χ1) is 64.9. The van der Waals surface area contributed by atoms with Gasteiger partial charge in [-0.05, 0) is 394 Å². The molecule has 3 saturated heterocycles. The highest BCUT2D eigenvalue weighted by Gasteiger charge is 2.65. The molecule has 9 fully saturated rings. The summed E-state index contributed by atoms with van der Waals surface area (Å²) in [4.78, 5) is 0. The van der Waals surface area contributed by atoms with Gasteiger partial charge in [-0.15, -0.1) is 0 Å². The van der Waals surface area contributed by atoms with E-state index in [1.54, 1.807) is 79.9 Å². The second-order valence-electron chi connectivity index (χ2n) is 59.3. The minimum absolute atomic E-state index is 0.0833. The first-order valence-corrected chi connectivity index (χ1v) is 68.7. The van der Waals surface area contributed by atoms with Crippen LogP contribution in [0.2, 0.25) is 71.5 Å². The Morgan fingerprint density at radius 3 is 1.01 bits per heavy atom. The molecule has 14 unspecified atom stereocenters. The van der Waals surface area contributed by atoms with Crippen LogP contribution >= 0.6 is 0 Å². The van der Waals surface area contributed by atoms with E-state index in [4.69, 9.17) is 0 Å². The van der Waals surface area contributed by atoms with Gasteiger partial charge in [-0.25, -0.2) is 0 Å². The lowest BCUT2D eigenvalue weighted by atomic mass is 9.75. The van der Waals surface area contributed by atoms with Crippen LogP contribution in [0.4, 0.5) is 0 Å². The summed E-state index contributed by atoms with van der Waals surface area (Å²) in [5.41, 5.74) is 32.1. The molecule has 0 N–H and O–H groups in total. The highest BCUT2D eigenvalue weighted by molar-refractivity contribution is 6.80. The largest absolute Gasteiger partial charge is 0.316 e. The summed E-state index contributed by atoms with van der Waals surface area (Å²) in [7, 11) is -6.76. The van der Waals surface area contributed by atoms with Crippen LogP contribution < -0.4 is 0 Å². The van der Waals surface area contributed by atoms with Crippen molar-refractivity contribution in [1.82, 2.24) is 18.3 Å². The molecule has 8 heteroatoms. The Morgan fingerprint density at radius 1 is 0.302 bits per heavy atom. The van der Waals surface area contributed by atoms with Gasteiger partial charge in [-0.2, -0.15) is 0 Å². The van der Waals surface area contributed by atoms with Gasteiger partial charge in [-0.1, -0.05) is 352 Å². The number of rotatable bonds is 10. The van der Waals surface area contributed by atoms with E-state index in [2.05, 4.69) is 386 Å². The van der Waals surface area contributed by atoms with Crippen molar-refractivity contribution in [2.24, 2.45) is 59.2 Å². The van der Waals surface area contributed by atoms with Gasteiger partial charge in [0.15, 0.2) is 0 Å². The summed E-state index contributed by atoms with van der Waals surface area (Å²) < 4.78 is 12.7. The van der Waals surface area contributed by atoms with E-state index in [0.29, 0.717) is 23.3 Å². The van der Waals surface area contributed by atoms with Gasteiger partial charge < -0.3 is 18.3 Å². The normalized spacial score (nSPS) is 31.1. The van der Waals surface area contributed by atoms with Crippen LogP contribution in [0.15, 0.2) is 162 Å². The van der Waals surface area contributed by atoms with Crippen molar-refractivity contribution in [3.05, 3.63) is 212 Å². The Morgan fingerprint density at radius 2 is 0.626 bits per heavy atom. The molecule has 0 aromatic heterocycles. The Kier molecular flexibility index (Phi) is 28.1. The molecule has 0 bridgehead atoms. The molecule has 17 aliphatic rings. The molecule has 14 aliphatic carbocycles. The molecular formula is C131H200N4Si4. The molecule has 3 heterocycles. The lowest BCUT2D eigenvalue weighted by molar-refractivity contribution is 0.115. The third-order valence-corrected chi connectivity index (χ3v) is 66.2. The zero-order chi connectivity index (χ0) is 100. The summed E-state index contributed by atoms with van der Waals surface area (Å²) >= 11 is 0. The number of benzene rings is 4. The lowest BCUT2D eigenvalue weighted by Crippen LogP contribution is -2.70. The van der Waals surface area contributed by atoms with Crippen molar-refractivity contribution in [1.29, 1.82) is 0 Å². The van der Waals surface area contributed by atoms with Crippen molar-refractivity contribution in [3.63, 3.8) is 0 Å². The van der Waals surface area contributed by atoms with E-state index in [1.807, 2.05) is 0 Å². The van der Waals surface area contributed by atoms with Crippen LogP contribution in [0.25, 0.3) is 22.3 Å². The van der Waals surface area contributed by atoms with E-state index in [0.717, 1.165) is 75.7 Å². The molecule has 21 rings (SSSR count). The minimum atomic E-state index is -1.73. The second-order valence-corrected chi connectivity index (χ2v) is 76.9. The molecule has 4 aromatic carbocycles. The maximum absolute atomic E-state index is 3.31. The summed E-state index contributed by atoms with van der Waals surface area (Å²) in [5.74, 6) is 7.52. The smallest absolute Gasteiger partial charge is 0.133 e. The first-order valence-electron chi connectivity index (χ1n) is 58.4. The standard InChI is InChI=1S/C34H51NSi.C33H49NSi.C32H49NSi.C32H51NSi/c1-24-21-25-22-29-27-17-11-12-18-30(27)34(5,6)31(29)23-28(25)32(24)36(19-13-8-14-20-36)35(33(2,3)4)26-15-9-7-10-16-26;1-32(2,3)34(25-14-8-6-9-15-25)35(20-12-7-13-21-35)31-19-18-24-22-28-26-16-10-11-17-29(26)33(4,5)30(28)23-27(24)31;1-22-19-23-20-26-24-15-11-12-16-27(24)32(8,9)28(26)21-25(23)29(22)34(17-13-10-14-18-34)33(30(2,3)4)31(5,6)7;1-29(2,3)22-15-16-23-25-18-21-14-17-28(24(21)20-27(25)32(10,11)26(23)19-22)34(12,13)33(30(4,5)6)31(7,8)9/h11-12,17-18,22-26,28,32H,7-10,13-16,19-21H2,1-6H3;10-11,16-17,22-25,27,31H,6-9,12-15,18-21H2,1-5H3;11-12,15-16,20-23,25,29H,10,13-14,17-19H2,1-9H3;15-16,18-21,24,28H,14,17H2,1-13H3. The number of hydrogen-bond donors (Lipinski definition) is 0. The van der Waals surface area contributed by atoms with E-state index in [1.165, 1.54) is 212 Å². The van der Waals surface area contributed by atoms with Crippen molar-refractivity contribution in [2.45, 2.75) is 519 Å². The van der Waals surface area contributed by atoms with Crippen molar-refractivity contribution in [2.75, 3.05) is 0 Å². The summed E-state index contributed by atoms with van der Waals surface area (Å²) in [6.07, 6.45) is 58.6. The van der Waals surface area contributed by atoms with Gasteiger partial charge in [0.2, 0.25) is 0 Å². The molecule has 3 aliphatic heterocycles. The summed E-state index contributed by atoms with van der Waals surface area (Å²) in [6, 6.07) is 46.0. The van der Waals surface area contributed by atoms with Crippen molar-refractivity contribution >= 4 is 55.2 Å². The predicted molar refractivity (Wildman–Crippen MR) is 615 cm³/mol. The van der Waals surface area contributed by atoms with E-state index in [-0.39, 0.29) is 54.8 Å². The van der Waals surface area contributed by atoms with Gasteiger partial charge >= 0.3 is 0 Å². The summed E-state index contributed by atoms with van der Waals surface area (Å²) in [5, 5.41) is 0. The second kappa shape index (κ2) is 37.4. The number of fused-ring (bicyclic) bond motifs is 16. The fraction of sp³-hybridized carbons (Fsp3) is 0.695. The van der Waals surface area contributed by atoms with Crippen molar-refractivity contribution in [3.8, 4) is 0 Å². The molecule has 0 radical (unpaired) electrons. The molecule has 4 nitrogen and oxygen atoms in total. The minimum Gasteiger partial charge on any atom is -0.316 e. The van der Waals surface area contributed by atoms with Crippen LogP contribution in [-0.2, 0) is 27.1 Å². The van der Waals surface area contributed by atoms with Crippen LogP contribution in [0.1, 0.15) is 425 Å². The predicted octanol–water partition coefficient (Wildman–Crippen LogP) is 36.8. The molecule has 760 valence electrons. The number of hydrogen-bond acceptors (Lipinski definition) is 4. The Balaban J connectivity index is 0.000000123. The molecular weight excluding hydrogens is 1740 g/mol. The highest BCUT2D eigenvalue weighted by atomic mass is 28.3. The van der Waals surface area contributed by atoms with Gasteiger partial charge in [0, 0.05) is 67.0 Å². The molecule has 139 heavy (non-hydrogen) atoms. The van der Waals surface area contributed by atoms with Crippen LogP contribution in [0, 0.1) is 59.2 Å². The van der Waals surface area contributed by atoms with Crippen LogP contribution in [0.3, 0.4) is 0 Å². The van der Waals surface area contributed by atoms with Crippen LogP contribution in [0.5, 0.6) is 0 Å². The third-order valence-electron chi connectivity index (χ3n) is 41.2. The summed E-state index contributed by atoms with van der Waals surface area (Å²) in [6.45, 7) is 82.5. The Labute approximate surface area is 857 Å². The topological polar surface area (TPSA) is 13.0 Å². The fourth-order valence-electron chi connectivity index (χ4n) is 38.2. The molecule has 14 atom stereocenters. The van der Waals surface area contributed by atoms with Gasteiger partial charge in [0.05, 0.1) is 0 Å². The highest BCUT2D eigenvalue weighted by Crippen LogP contribution is 2.69. The van der Waals surface area contributed by atoms with Gasteiger partial charge in [-0.3, -0.25) is 0 Å².